The summed E-state index contributed by atoms with van der Waals surface area (Å²) in [5.41, 5.74) is 0.215. The Morgan fingerprint density at radius 3 is 2.53 bits per heavy atom. The first-order chi connectivity index (χ1) is 8.73. The van der Waals surface area contributed by atoms with Gasteiger partial charge in [-0.05, 0) is 6.07 Å². The summed E-state index contributed by atoms with van der Waals surface area (Å²) in [4.78, 5) is 5.67. The summed E-state index contributed by atoms with van der Waals surface area (Å²) in [6.45, 7) is 0. The molecule has 0 aliphatic rings. The van der Waals surface area contributed by atoms with E-state index in [0.717, 1.165) is 6.07 Å². The van der Waals surface area contributed by atoms with Crippen molar-refractivity contribution < 1.29 is 8.60 Å². The first-order valence-electron chi connectivity index (χ1n) is 5.34. The molecule has 102 valence electrons. The van der Waals surface area contributed by atoms with Gasteiger partial charge in [0.1, 0.15) is 17.4 Å². The Morgan fingerprint density at radius 2 is 2.05 bits per heavy atom. The Bertz CT molecular complexity index is 659. The van der Waals surface area contributed by atoms with Crippen molar-refractivity contribution >= 4 is 27.4 Å². The molecule has 0 aliphatic carbocycles. The fraction of sp³-hybridized carbons (Fsp3) is 0.333. The molecule has 0 bridgehead atoms. The Balaban J connectivity index is 3.44. The molecule has 0 fully saturated rings. The van der Waals surface area contributed by atoms with Gasteiger partial charge in [-0.1, -0.05) is 0 Å². The van der Waals surface area contributed by atoms with Crippen molar-refractivity contribution in [3.05, 3.63) is 23.5 Å². The zero-order valence-corrected chi connectivity index (χ0v) is 12.0. The summed E-state index contributed by atoms with van der Waals surface area (Å²) >= 11 is 0. The van der Waals surface area contributed by atoms with Gasteiger partial charge in [0.2, 0.25) is 0 Å². The average Bonchev–Trinajstić information content (AvgIpc) is 2.23. The van der Waals surface area contributed by atoms with E-state index in [4.69, 9.17) is 5.26 Å². The molecule has 0 saturated carbocycles. The first-order valence-corrected chi connectivity index (χ1v) is 7.67. The van der Waals surface area contributed by atoms with Crippen LogP contribution >= 0.6 is 0 Å². The van der Waals surface area contributed by atoms with E-state index in [2.05, 4.69) is 9.36 Å². The minimum absolute atomic E-state index is 0.157. The van der Waals surface area contributed by atoms with Gasteiger partial charge in [0, 0.05) is 42.4 Å². The van der Waals surface area contributed by atoms with Crippen LogP contribution in [-0.2, 0) is 9.73 Å². The number of aliphatic imine (C=N–C) groups is 1. The van der Waals surface area contributed by atoms with Crippen LogP contribution in [-0.4, -0.2) is 42.1 Å². The van der Waals surface area contributed by atoms with E-state index < -0.39 is 15.5 Å². The van der Waals surface area contributed by atoms with Crippen molar-refractivity contribution in [3.63, 3.8) is 0 Å². The van der Waals surface area contributed by atoms with Gasteiger partial charge in [-0.15, -0.1) is 0 Å². The zero-order valence-electron chi connectivity index (χ0n) is 11.2. The summed E-state index contributed by atoms with van der Waals surface area (Å²) in [7, 11) is 1.11. The number of rotatable bonds is 3. The summed E-state index contributed by atoms with van der Waals surface area (Å²) in [6, 6.07) is 4.28. The molecule has 0 N–H and O–H groups in total. The molecule has 0 saturated heterocycles. The van der Waals surface area contributed by atoms with Crippen LogP contribution in [0.2, 0.25) is 0 Å². The van der Waals surface area contributed by atoms with Crippen LogP contribution in [0.1, 0.15) is 5.56 Å². The monoisotopic (exact) mass is 282 g/mol. The van der Waals surface area contributed by atoms with E-state index in [9.17, 15) is 8.60 Å². The van der Waals surface area contributed by atoms with E-state index in [-0.39, 0.29) is 16.9 Å². The number of halogens is 1. The smallest absolute Gasteiger partial charge is 0.145 e. The van der Waals surface area contributed by atoms with E-state index >= 15 is 0 Å². The van der Waals surface area contributed by atoms with Gasteiger partial charge >= 0.3 is 0 Å². The standard InChI is InChI=1S/C12H15FN4OS/c1-17(2)8-15-12-6-9(16-19(3,4)18)5-11(13)10(12)7-14/h5-6,8H,1-4H3/b15-8-. The Kier molecular flexibility index (Phi) is 4.62. The highest BCUT2D eigenvalue weighted by Crippen LogP contribution is 2.28. The molecule has 0 atom stereocenters. The van der Waals surface area contributed by atoms with Crippen molar-refractivity contribution in [3.8, 4) is 6.07 Å². The highest BCUT2D eigenvalue weighted by atomic mass is 32.2. The number of nitriles is 1. The molecule has 0 radical (unpaired) electrons. The van der Waals surface area contributed by atoms with Crippen LogP contribution in [0.25, 0.3) is 0 Å². The van der Waals surface area contributed by atoms with Crippen LogP contribution in [0.5, 0.6) is 0 Å². The number of hydrogen-bond acceptors (Lipinski definition) is 4. The molecule has 0 unspecified atom stereocenters. The third kappa shape index (κ3) is 4.67. The third-order valence-corrected chi connectivity index (χ3v) is 2.57. The maximum Gasteiger partial charge on any atom is 0.145 e. The van der Waals surface area contributed by atoms with Gasteiger partial charge < -0.3 is 4.90 Å². The van der Waals surface area contributed by atoms with Crippen molar-refractivity contribution in [1.82, 2.24) is 4.90 Å². The maximum absolute atomic E-state index is 13.7. The van der Waals surface area contributed by atoms with Crippen LogP contribution < -0.4 is 0 Å². The fourth-order valence-electron chi connectivity index (χ4n) is 1.27. The summed E-state index contributed by atoms with van der Waals surface area (Å²) in [6.07, 6.45) is 4.35. The molecule has 0 aliphatic heterocycles. The minimum Gasteiger partial charge on any atom is -0.369 e. The van der Waals surface area contributed by atoms with Gasteiger partial charge in [-0.25, -0.2) is 13.6 Å². The topological polar surface area (TPSA) is 68.8 Å². The minimum atomic E-state index is -2.40. The normalized spacial score (nSPS) is 11.4. The van der Waals surface area contributed by atoms with Crippen molar-refractivity contribution in [2.75, 3.05) is 26.6 Å². The lowest BCUT2D eigenvalue weighted by atomic mass is 10.1. The van der Waals surface area contributed by atoms with Crippen molar-refractivity contribution in [2.45, 2.75) is 0 Å². The molecular weight excluding hydrogens is 267 g/mol. The first kappa shape index (κ1) is 15.1. The average molecular weight is 282 g/mol. The van der Waals surface area contributed by atoms with Crippen LogP contribution in [0.15, 0.2) is 21.5 Å². The summed E-state index contributed by atoms with van der Waals surface area (Å²) in [5, 5.41) is 8.92. The number of benzene rings is 1. The Morgan fingerprint density at radius 1 is 1.42 bits per heavy atom. The van der Waals surface area contributed by atoms with Gasteiger partial charge in [-0.2, -0.15) is 9.62 Å². The Labute approximate surface area is 112 Å². The SMILES string of the molecule is CN(C)/C=N\c1cc(N=S(C)(C)=O)cc(F)c1C#N. The predicted molar refractivity (Wildman–Crippen MR) is 75.0 cm³/mol. The fourth-order valence-corrected chi connectivity index (χ4v) is 1.89. The van der Waals surface area contributed by atoms with Gasteiger partial charge in [0.15, 0.2) is 0 Å². The highest BCUT2D eigenvalue weighted by Gasteiger charge is 2.10. The molecule has 7 heteroatoms. The molecule has 1 aromatic rings. The predicted octanol–water partition coefficient (Wildman–Crippen LogP) is 2.28. The number of hydrogen-bond donors (Lipinski definition) is 0. The van der Waals surface area contributed by atoms with Crippen LogP contribution in [0, 0.1) is 17.1 Å². The van der Waals surface area contributed by atoms with Gasteiger partial charge in [0.25, 0.3) is 0 Å². The molecule has 1 aromatic carbocycles. The van der Waals surface area contributed by atoms with Crippen molar-refractivity contribution in [2.24, 2.45) is 9.36 Å². The lowest BCUT2D eigenvalue weighted by Crippen LogP contribution is -2.07. The molecule has 5 nitrogen and oxygen atoms in total. The quantitative estimate of drug-likeness (QED) is 0.631. The van der Waals surface area contributed by atoms with Crippen molar-refractivity contribution in [1.29, 1.82) is 5.26 Å². The van der Waals surface area contributed by atoms with Gasteiger partial charge in [0.05, 0.1) is 17.7 Å². The molecule has 0 spiro atoms. The zero-order chi connectivity index (χ0) is 14.6. The summed E-state index contributed by atoms with van der Waals surface area (Å²) < 4.78 is 29.3. The lowest BCUT2D eigenvalue weighted by molar-refractivity contribution is 0.624. The third-order valence-electron chi connectivity index (χ3n) is 1.92. The van der Waals surface area contributed by atoms with E-state index in [1.165, 1.54) is 24.9 Å². The molecular formula is C12H15FN4OS. The van der Waals surface area contributed by atoms with E-state index in [0.29, 0.717) is 0 Å². The lowest BCUT2D eigenvalue weighted by Gasteiger charge is -2.05. The highest BCUT2D eigenvalue weighted by molar-refractivity contribution is 7.92. The van der Waals surface area contributed by atoms with Crippen LogP contribution in [0.4, 0.5) is 15.8 Å². The molecule has 19 heavy (non-hydrogen) atoms. The van der Waals surface area contributed by atoms with E-state index in [1.54, 1.807) is 25.1 Å². The Hall–Kier alpha value is -1.94. The second-order valence-corrected chi connectivity index (χ2v) is 6.96. The van der Waals surface area contributed by atoms with Gasteiger partial charge in [-0.3, -0.25) is 0 Å². The molecule has 0 amide bonds. The van der Waals surface area contributed by atoms with Crippen LogP contribution in [0.3, 0.4) is 0 Å². The molecule has 1 rings (SSSR count). The second-order valence-electron chi connectivity index (χ2n) is 4.41. The largest absolute Gasteiger partial charge is 0.369 e. The molecule has 0 aromatic heterocycles. The second kappa shape index (κ2) is 5.80. The maximum atomic E-state index is 13.7. The number of nitrogens with zero attached hydrogens (tertiary/aromatic N) is 4. The summed E-state index contributed by atoms with van der Waals surface area (Å²) in [5.74, 6) is -0.724. The molecule has 0 heterocycles. The van der Waals surface area contributed by atoms with E-state index in [1.807, 2.05) is 0 Å².